The van der Waals surface area contributed by atoms with Crippen LogP contribution < -0.4 is 0 Å². The van der Waals surface area contributed by atoms with E-state index in [0.717, 1.165) is 12.8 Å². The van der Waals surface area contributed by atoms with Gasteiger partial charge in [-0.05, 0) is 24.7 Å². The van der Waals surface area contributed by atoms with Crippen LogP contribution in [0.1, 0.15) is 40.5 Å². The van der Waals surface area contributed by atoms with Gasteiger partial charge in [-0.2, -0.15) is 0 Å². The molecule has 0 aromatic heterocycles. The van der Waals surface area contributed by atoms with Crippen molar-refractivity contribution in [3.8, 4) is 0 Å². The summed E-state index contributed by atoms with van der Waals surface area (Å²) in [5.74, 6) is 1.05. The zero-order valence-electron chi connectivity index (χ0n) is 9.38. The Balaban J connectivity index is 4.30. The highest BCUT2D eigenvalue weighted by Crippen LogP contribution is 2.32. The van der Waals surface area contributed by atoms with Gasteiger partial charge < -0.3 is 10.2 Å². The third kappa shape index (κ3) is 4.63. The van der Waals surface area contributed by atoms with Crippen molar-refractivity contribution in [1.29, 1.82) is 0 Å². The van der Waals surface area contributed by atoms with Crippen LogP contribution in [0.15, 0.2) is 0 Å². The Bertz CT molecular complexity index is 114. The van der Waals surface area contributed by atoms with Gasteiger partial charge in [0.05, 0.1) is 13.2 Å². The van der Waals surface area contributed by atoms with E-state index in [2.05, 4.69) is 27.7 Å². The van der Waals surface area contributed by atoms with Gasteiger partial charge in [-0.25, -0.2) is 0 Å². The van der Waals surface area contributed by atoms with E-state index >= 15 is 0 Å². The van der Waals surface area contributed by atoms with Crippen LogP contribution in [0.5, 0.6) is 0 Å². The SMILES string of the molecule is CC(C)CC(CO)(CO)CC(C)C. The van der Waals surface area contributed by atoms with E-state index < -0.39 is 0 Å². The van der Waals surface area contributed by atoms with Gasteiger partial charge in [0.15, 0.2) is 0 Å². The lowest BCUT2D eigenvalue weighted by Crippen LogP contribution is -2.33. The summed E-state index contributed by atoms with van der Waals surface area (Å²) in [6.07, 6.45) is 1.80. The zero-order valence-corrected chi connectivity index (χ0v) is 9.38. The van der Waals surface area contributed by atoms with Gasteiger partial charge >= 0.3 is 0 Å². The molecule has 0 aromatic carbocycles. The molecule has 0 aliphatic rings. The van der Waals surface area contributed by atoms with E-state index in [4.69, 9.17) is 0 Å². The second-order valence-electron chi connectivity index (χ2n) is 5.01. The molecule has 0 rings (SSSR count). The maximum atomic E-state index is 9.31. The Morgan fingerprint density at radius 1 is 0.846 bits per heavy atom. The Kier molecular flexibility index (Phi) is 5.57. The van der Waals surface area contributed by atoms with Crippen molar-refractivity contribution in [1.82, 2.24) is 0 Å². The molecule has 80 valence electrons. The van der Waals surface area contributed by atoms with E-state index in [9.17, 15) is 10.2 Å². The summed E-state index contributed by atoms with van der Waals surface area (Å²) in [6, 6.07) is 0. The van der Waals surface area contributed by atoms with Crippen molar-refractivity contribution in [3.63, 3.8) is 0 Å². The predicted molar refractivity (Wildman–Crippen MR) is 55.5 cm³/mol. The molecular formula is C11H24O2. The summed E-state index contributed by atoms with van der Waals surface area (Å²) < 4.78 is 0. The fraction of sp³-hybridized carbons (Fsp3) is 1.00. The molecule has 0 aliphatic heterocycles. The lowest BCUT2D eigenvalue weighted by Gasteiger charge is -2.33. The molecule has 0 heterocycles. The molecule has 0 saturated heterocycles. The Labute approximate surface area is 82.0 Å². The fourth-order valence-corrected chi connectivity index (χ4v) is 2.12. The van der Waals surface area contributed by atoms with Gasteiger partial charge in [-0.15, -0.1) is 0 Å². The molecule has 0 bridgehead atoms. The van der Waals surface area contributed by atoms with Crippen LogP contribution >= 0.6 is 0 Å². The van der Waals surface area contributed by atoms with Crippen molar-refractivity contribution in [3.05, 3.63) is 0 Å². The maximum Gasteiger partial charge on any atom is 0.0509 e. The molecule has 0 spiro atoms. The predicted octanol–water partition coefficient (Wildman–Crippen LogP) is 2.05. The molecule has 0 fully saturated rings. The van der Waals surface area contributed by atoms with E-state index in [1.807, 2.05) is 0 Å². The van der Waals surface area contributed by atoms with Crippen LogP contribution in [0.2, 0.25) is 0 Å². The number of hydrogen-bond acceptors (Lipinski definition) is 2. The van der Waals surface area contributed by atoms with Crippen LogP contribution in [0, 0.1) is 17.3 Å². The molecule has 0 radical (unpaired) electrons. The minimum absolute atomic E-state index is 0.0971. The van der Waals surface area contributed by atoms with E-state index in [-0.39, 0.29) is 18.6 Å². The fourth-order valence-electron chi connectivity index (χ4n) is 2.12. The lowest BCUT2D eigenvalue weighted by molar-refractivity contribution is 0.0198. The Morgan fingerprint density at radius 2 is 1.15 bits per heavy atom. The Hall–Kier alpha value is -0.0800. The number of aliphatic hydroxyl groups excluding tert-OH is 2. The van der Waals surface area contributed by atoms with Crippen molar-refractivity contribution < 1.29 is 10.2 Å². The average molecular weight is 188 g/mol. The molecule has 2 heteroatoms. The van der Waals surface area contributed by atoms with Gasteiger partial charge in [-0.1, -0.05) is 27.7 Å². The third-order valence-electron chi connectivity index (χ3n) is 2.35. The number of hydrogen-bond donors (Lipinski definition) is 2. The quantitative estimate of drug-likeness (QED) is 0.669. The lowest BCUT2D eigenvalue weighted by atomic mass is 9.75. The van der Waals surface area contributed by atoms with Crippen LogP contribution in [0.25, 0.3) is 0 Å². The second kappa shape index (κ2) is 5.61. The molecule has 0 aromatic rings. The van der Waals surface area contributed by atoms with Crippen LogP contribution in [0.3, 0.4) is 0 Å². The van der Waals surface area contributed by atoms with Crippen molar-refractivity contribution in [2.24, 2.45) is 17.3 Å². The highest BCUT2D eigenvalue weighted by atomic mass is 16.3. The molecule has 0 unspecified atom stereocenters. The summed E-state index contributed by atoms with van der Waals surface area (Å²) >= 11 is 0. The molecule has 0 amide bonds. The van der Waals surface area contributed by atoms with Crippen LogP contribution in [-0.2, 0) is 0 Å². The maximum absolute atomic E-state index is 9.31. The average Bonchev–Trinajstić information content (AvgIpc) is 2.01. The van der Waals surface area contributed by atoms with Crippen LogP contribution in [-0.4, -0.2) is 23.4 Å². The first-order valence-electron chi connectivity index (χ1n) is 5.17. The molecule has 2 N–H and O–H groups in total. The largest absolute Gasteiger partial charge is 0.396 e. The minimum Gasteiger partial charge on any atom is -0.396 e. The van der Waals surface area contributed by atoms with Gasteiger partial charge in [-0.3, -0.25) is 0 Å². The van der Waals surface area contributed by atoms with E-state index in [1.54, 1.807) is 0 Å². The molecule has 13 heavy (non-hydrogen) atoms. The summed E-state index contributed by atoms with van der Waals surface area (Å²) in [5, 5.41) is 18.6. The number of aliphatic hydroxyl groups is 2. The third-order valence-corrected chi connectivity index (χ3v) is 2.35. The Morgan fingerprint density at radius 3 is 1.31 bits per heavy atom. The standard InChI is InChI=1S/C11H24O2/c1-9(2)5-11(7-12,8-13)6-10(3)4/h9-10,12-13H,5-8H2,1-4H3. The first-order valence-corrected chi connectivity index (χ1v) is 5.17. The van der Waals surface area contributed by atoms with Crippen molar-refractivity contribution in [2.45, 2.75) is 40.5 Å². The van der Waals surface area contributed by atoms with E-state index in [1.165, 1.54) is 0 Å². The van der Waals surface area contributed by atoms with Crippen molar-refractivity contribution in [2.75, 3.05) is 13.2 Å². The molecule has 0 saturated carbocycles. The molecular weight excluding hydrogens is 164 g/mol. The minimum atomic E-state index is -0.262. The second-order valence-corrected chi connectivity index (χ2v) is 5.01. The molecule has 0 atom stereocenters. The summed E-state index contributed by atoms with van der Waals surface area (Å²) in [7, 11) is 0. The van der Waals surface area contributed by atoms with Gasteiger partial charge in [0.1, 0.15) is 0 Å². The van der Waals surface area contributed by atoms with E-state index in [0.29, 0.717) is 11.8 Å². The highest BCUT2D eigenvalue weighted by Gasteiger charge is 2.30. The topological polar surface area (TPSA) is 40.5 Å². The smallest absolute Gasteiger partial charge is 0.0509 e. The van der Waals surface area contributed by atoms with Gasteiger partial charge in [0.2, 0.25) is 0 Å². The molecule has 2 nitrogen and oxygen atoms in total. The normalized spacial score (nSPS) is 12.9. The van der Waals surface area contributed by atoms with Crippen LogP contribution in [0.4, 0.5) is 0 Å². The summed E-state index contributed by atoms with van der Waals surface area (Å²) in [4.78, 5) is 0. The monoisotopic (exact) mass is 188 g/mol. The summed E-state index contributed by atoms with van der Waals surface area (Å²) in [5.41, 5.74) is -0.262. The van der Waals surface area contributed by atoms with Crippen molar-refractivity contribution >= 4 is 0 Å². The highest BCUT2D eigenvalue weighted by molar-refractivity contribution is 4.80. The van der Waals surface area contributed by atoms with Gasteiger partial charge in [0, 0.05) is 5.41 Å². The number of rotatable bonds is 6. The molecule has 0 aliphatic carbocycles. The first kappa shape index (κ1) is 12.9. The van der Waals surface area contributed by atoms with Gasteiger partial charge in [0.25, 0.3) is 0 Å². The zero-order chi connectivity index (χ0) is 10.5. The summed E-state index contributed by atoms with van der Waals surface area (Å²) in [6.45, 7) is 8.70. The first-order chi connectivity index (χ1) is 5.95.